The van der Waals surface area contributed by atoms with Crippen molar-refractivity contribution >= 4 is 29.9 Å². The Kier molecular flexibility index (Phi) is 9.71. The van der Waals surface area contributed by atoms with Crippen molar-refractivity contribution in [3.8, 4) is 0 Å². The summed E-state index contributed by atoms with van der Waals surface area (Å²) >= 11 is 0. The highest BCUT2D eigenvalue weighted by molar-refractivity contribution is 6.05. The van der Waals surface area contributed by atoms with Gasteiger partial charge in [-0.25, -0.2) is 0 Å². The van der Waals surface area contributed by atoms with Crippen LogP contribution < -0.4 is 11.1 Å². The average molecular weight is 524 g/mol. The molecule has 0 radical (unpaired) electrons. The molecule has 2 heterocycles. The number of hydrogen-bond acceptors (Lipinski definition) is 6. The van der Waals surface area contributed by atoms with Crippen molar-refractivity contribution in [3.63, 3.8) is 0 Å². The maximum absolute atomic E-state index is 13.1. The molecule has 37 heavy (non-hydrogen) atoms. The van der Waals surface area contributed by atoms with Gasteiger partial charge < -0.3 is 16.0 Å². The third kappa shape index (κ3) is 7.12. The van der Waals surface area contributed by atoms with Crippen LogP contribution in [0.4, 0.5) is 5.69 Å². The van der Waals surface area contributed by atoms with E-state index in [0.29, 0.717) is 12.3 Å². The zero-order valence-electron chi connectivity index (χ0n) is 20.3. The minimum Gasteiger partial charge on any atom is -0.366 e. The molecule has 0 saturated carbocycles. The average Bonchev–Trinajstić information content (AvgIpc) is 2.91. The lowest BCUT2D eigenvalue weighted by molar-refractivity contribution is -0.384. The molecule has 1 aromatic heterocycles. The molecule has 0 aliphatic carbocycles. The van der Waals surface area contributed by atoms with Gasteiger partial charge in [0.2, 0.25) is 0 Å². The van der Waals surface area contributed by atoms with Gasteiger partial charge in [0.15, 0.2) is 0 Å². The van der Waals surface area contributed by atoms with E-state index in [2.05, 4.69) is 39.5 Å². The third-order valence-corrected chi connectivity index (χ3v) is 6.69. The summed E-state index contributed by atoms with van der Waals surface area (Å²) < 4.78 is 0. The fourth-order valence-corrected chi connectivity index (χ4v) is 4.69. The van der Waals surface area contributed by atoms with E-state index in [4.69, 9.17) is 5.73 Å². The Morgan fingerprint density at radius 3 is 2.35 bits per heavy atom. The second-order valence-corrected chi connectivity index (χ2v) is 8.95. The predicted molar refractivity (Wildman–Crippen MR) is 143 cm³/mol. The first-order chi connectivity index (χ1) is 17.4. The molecule has 0 spiro atoms. The van der Waals surface area contributed by atoms with Crippen molar-refractivity contribution in [2.75, 3.05) is 19.6 Å². The Balaban J connectivity index is 0.00000380. The standard InChI is InChI=1S/C27H29N5O4.ClH/c28-26(33)23-7-4-15-29-25(23)27(34)30-24(21-8-10-22(11-9-21)32(35)36)14-18-31-16-12-20(13-17-31)19-5-2-1-3-6-19;/h1-11,15,20,24H,12-14,16-18H2,(H2,28,33)(H,30,34);1H. The number of pyridine rings is 1. The molecule has 4 rings (SSSR count). The van der Waals surface area contributed by atoms with E-state index < -0.39 is 22.8 Å². The lowest BCUT2D eigenvalue weighted by atomic mass is 9.89. The third-order valence-electron chi connectivity index (χ3n) is 6.69. The number of nitrogens with one attached hydrogen (secondary N) is 1. The van der Waals surface area contributed by atoms with Crippen LogP contribution in [0.3, 0.4) is 0 Å². The number of amides is 2. The number of benzene rings is 2. The Bertz CT molecular complexity index is 1210. The largest absolute Gasteiger partial charge is 0.366 e. The summed E-state index contributed by atoms with van der Waals surface area (Å²) in [7, 11) is 0. The summed E-state index contributed by atoms with van der Waals surface area (Å²) in [5.41, 5.74) is 7.51. The number of likely N-dealkylation sites (tertiary alicyclic amines) is 1. The molecule has 2 amide bonds. The highest BCUT2D eigenvalue weighted by atomic mass is 35.5. The SMILES string of the molecule is Cl.NC(=O)c1cccnc1C(=O)NC(CCN1CCC(c2ccccc2)CC1)c1ccc([N+](=O)[O-])cc1. The van der Waals surface area contributed by atoms with Crippen LogP contribution in [-0.2, 0) is 0 Å². The van der Waals surface area contributed by atoms with E-state index >= 15 is 0 Å². The van der Waals surface area contributed by atoms with Crippen molar-refractivity contribution < 1.29 is 14.5 Å². The lowest BCUT2D eigenvalue weighted by Crippen LogP contribution is -2.37. The van der Waals surface area contributed by atoms with Gasteiger partial charge in [-0.2, -0.15) is 0 Å². The molecule has 2 aromatic carbocycles. The Morgan fingerprint density at radius 2 is 1.73 bits per heavy atom. The van der Waals surface area contributed by atoms with E-state index in [1.54, 1.807) is 18.2 Å². The van der Waals surface area contributed by atoms with Crippen LogP contribution >= 0.6 is 12.4 Å². The summed E-state index contributed by atoms with van der Waals surface area (Å²) in [4.78, 5) is 41.9. The minimum atomic E-state index is -0.735. The normalized spacial score (nSPS) is 14.8. The molecule has 3 N–H and O–H groups in total. The molecular weight excluding hydrogens is 494 g/mol. The summed E-state index contributed by atoms with van der Waals surface area (Å²) in [6.45, 7) is 2.65. The number of hydrogen-bond donors (Lipinski definition) is 2. The van der Waals surface area contributed by atoms with Gasteiger partial charge in [0, 0.05) is 24.9 Å². The van der Waals surface area contributed by atoms with Crippen molar-refractivity contribution in [1.82, 2.24) is 15.2 Å². The van der Waals surface area contributed by atoms with Gasteiger partial charge in [-0.3, -0.25) is 24.7 Å². The molecule has 1 aliphatic heterocycles. The Hall–Kier alpha value is -3.82. The van der Waals surface area contributed by atoms with Gasteiger partial charge >= 0.3 is 0 Å². The molecule has 1 atom stereocenters. The number of halogens is 1. The number of carbonyl (C=O) groups excluding carboxylic acids is 2. The predicted octanol–water partition coefficient (Wildman–Crippen LogP) is 4.25. The number of rotatable bonds is 9. The van der Waals surface area contributed by atoms with Gasteiger partial charge in [-0.1, -0.05) is 42.5 Å². The molecule has 0 bridgehead atoms. The summed E-state index contributed by atoms with van der Waals surface area (Å²) in [6, 6.07) is 19.3. The highest BCUT2D eigenvalue weighted by Gasteiger charge is 2.24. The maximum Gasteiger partial charge on any atom is 0.271 e. The van der Waals surface area contributed by atoms with Gasteiger partial charge in [-0.15, -0.1) is 12.4 Å². The first kappa shape index (κ1) is 27.8. The fraction of sp³-hybridized carbons (Fsp3) is 0.296. The van der Waals surface area contributed by atoms with Crippen molar-refractivity contribution in [3.05, 3.63) is 105 Å². The number of primary amides is 1. The van der Waals surface area contributed by atoms with E-state index in [-0.39, 0.29) is 29.4 Å². The van der Waals surface area contributed by atoms with Crippen LogP contribution in [0.1, 0.15) is 63.2 Å². The van der Waals surface area contributed by atoms with Crippen LogP contribution in [-0.4, -0.2) is 46.3 Å². The number of piperidine rings is 1. The molecule has 10 heteroatoms. The van der Waals surface area contributed by atoms with Crippen molar-refractivity contribution in [2.24, 2.45) is 5.73 Å². The number of nitrogens with two attached hydrogens (primary N) is 1. The van der Waals surface area contributed by atoms with Crippen LogP contribution in [0.25, 0.3) is 0 Å². The first-order valence-corrected chi connectivity index (χ1v) is 12.0. The Morgan fingerprint density at radius 1 is 1.05 bits per heavy atom. The van der Waals surface area contributed by atoms with Gasteiger partial charge in [0.05, 0.1) is 16.5 Å². The molecule has 1 saturated heterocycles. The molecule has 9 nitrogen and oxygen atoms in total. The maximum atomic E-state index is 13.1. The van der Waals surface area contributed by atoms with Crippen molar-refractivity contribution in [1.29, 1.82) is 0 Å². The van der Waals surface area contributed by atoms with Crippen molar-refractivity contribution in [2.45, 2.75) is 31.2 Å². The zero-order valence-corrected chi connectivity index (χ0v) is 21.1. The second-order valence-electron chi connectivity index (χ2n) is 8.95. The fourth-order valence-electron chi connectivity index (χ4n) is 4.69. The summed E-state index contributed by atoms with van der Waals surface area (Å²) in [5, 5.41) is 14.0. The number of nitro groups is 1. The first-order valence-electron chi connectivity index (χ1n) is 12.0. The van der Waals surface area contributed by atoms with E-state index in [0.717, 1.165) is 38.0 Å². The van der Waals surface area contributed by atoms with Crippen LogP contribution in [0.2, 0.25) is 0 Å². The number of carbonyl (C=O) groups is 2. The summed E-state index contributed by atoms with van der Waals surface area (Å²) in [6.07, 6.45) is 4.15. The molecule has 1 unspecified atom stereocenters. The molecular formula is C27H30ClN5O4. The minimum absolute atomic E-state index is 0. The van der Waals surface area contributed by atoms with E-state index in [9.17, 15) is 19.7 Å². The van der Waals surface area contributed by atoms with Crippen LogP contribution in [0.15, 0.2) is 72.9 Å². The second kappa shape index (κ2) is 12.9. The monoisotopic (exact) mass is 523 g/mol. The molecule has 1 aliphatic rings. The number of aromatic nitrogens is 1. The van der Waals surface area contributed by atoms with Gasteiger partial charge in [-0.05, 0) is 61.5 Å². The Labute approximate surface area is 221 Å². The topological polar surface area (TPSA) is 131 Å². The molecule has 3 aromatic rings. The van der Waals surface area contributed by atoms with Gasteiger partial charge in [0.25, 0.3) is 17.5 Å². The number of non-ortho nitro benzene ring substituents is 1. The highest BCUT2D eigenvalue weighted by Crippen LogP contribution is 2.29. The molecule has 1 fully saturated rings. The quantitative estimate of drug-likeness (QED) is 0.318. The van der Waals surface area contributed by atoms with E-state index in [1.165, 1.54) is 30.0 Å². The number of nitrogens with zero attached hydrogens (tertiary/aromatic N) is 3. The van der Waals surface area contributed by atoms with Crippen LogP contribution in [0.5, 0.6) is 0 Å². The summed E-state index contributed by atoms with van der Waals surface area (Å²) in [5.74, 6) is -0.707. The smallest absolute Gasteiger partial charge is 0.271 e. The zero-order chi connectivity index (χ0) is 25.5. The lowest BCUT2D eigenvalue weighted by Gasteiger charge is -2.33. The van der Waals surface area contributed by atoms with E-state index in [1.807, 2.05) is 6.07 Å². The van der Waals surface area contributed by atoms with Crippen LogP contribution in [0, 0.1) is 10.1 Å². The number of nitro benzene ring substituents is 1. The molecule has 194 valence electrons. The van der Waals surface area contributed by atoms with Gasteiger partial charge in [0.1, 0.15) is 5.69 Å².